The molecule has 0 spiro atoms. The molecule has 0 unspecified atom stereocenters. The molecule has 32 heavy (non-hydrogen) atoms. The predicted octanol–water partition coefficient (Wildman–Crippen LogP) is 0.983. The molecule has 12 heteroatoms. The Hall–Kier alpha value is -3.08. The Balaban J connectivity index is 0.00000240. The summed E-state index contributed by atoms with van der Waals surface area (Å²) in [6.07, 6.45) is 0. The van der Waals surface area contributed by atoms with E-state index in [1.54, 1.807) is 30.3 Å². The van der Waals surface area contributed by atoms with E-state index < -0.39 is 20.8 Å². The standard InChI is InChI=1S/C20H14N2O5S.Cr.3H2O/c23-16-10-9-12-5-1-2-6-13(12)19(16)21-22-20-15-8-4-3-7-14(15)18(11-17(20)24)28(25,26)27;;;;/h1-11,23-24H,(H,25,26,27);;3*1H2/q;+3;;;/p-3. The molecule has 4 aromatic carbocycles. The molecular formula is C20H17CrN2O8S. The van der Waals surface area contributed by atoms with Gasteiger partial charge >= 0.3 is 17.4 Å². The third kappa shape index (κ3) is 5.21. The number of hydrogen-bond donors (Lipinski definition) is 0. The van der Waals surface area contributed by atoms with Crippen LogP contribution in [0.25, 0.3) is 21.5 Å². The summed E-state index contributed by atoms with van der Waals surface area (Å²) in [7, 11) is -4.84. The fraction of sp³-hybridized carbons (Fsp3) is 0. The van der Waals surface area contributed by atoms with Crippen molar-refractivity contribution in [2.75, 3.05) is 0 Å². The minimum atomic E-state index is -4.84. The number of azo groups is 1. The monoisotopic (exact) mass is 497 g/mol. The van der Waals surface area contributed by atoms with E-state index in [1.807, 2.05) is 12.1 Å². The Labute approximate surface area is 193 Å². The average Bonchev–Trinajstić information content (AvgIpc) is 2.67. The van der Waals surface area contributed by atoms with Crippen LogP contribution in [0.5, 0.6) is 11.5 Å². The summed E-state index contributed by atoms with van der Waals surface area (Å²) in [6, 6.07) is 16.9. The van der Waals surface area contributed by atoms with Gasteiger partial charge in [-0.3, -0.25) is 0 Å². The van der Waals surface area contributed by atoms with E-state index in [4.69, 9.17) is 0 Å². The normalized spacial score (nSPS) is 10.7. The Morgan fingerprint density at radius 3 is 1.75 bits per heavy atom. The van der Waals surface area contributed by atoms with Gasteiger partial charge in [-0.2, -0.15) is 10.2 Å². The van der Waals surface area contributed by atoms with Gasteiger partial charge in [-0.05, 0) is 11.5 Å². The SMILES string of the molecule is O.O.O.O=S(=O)([O-])c1cc([O-])c(N=Nc2c([O-])ccc3ccccc23)c2ccccc12.[Cr+3]. The molecule has 0 atom stereocenters. The zero-order chi connectivity index (χ0) is 19.9. The third-order valence-corrected chi connectivity index (χ3v) is 5.20. The smallest absolute Gasteiger partial charge is 0.871 e. The van der Waals surface area contributed by atoms with Gasteiger partial charge in [-0.1, -0.05) is 72.2 Å². The van der Waals surface area contributed by atoms with E-state index >= 15 is 0 Å². The van der Waals surface area contributed by atoms with Crippen LogP contribution in [0.3, 0.4) is 0 Å². The van der Waals surface area contributed by atoms with Crippen LogP contribution in [0.1, 0.15) is 0 Å². The number of nitrogens with zero attached hydrogens (tertiary/aromatic N) is 2. The molecule has 4 aromatic rings. The molecule has 4 rings (SSSR count). The summed E-state index contributed by atoms with van der Waals surface area (Å²) in [6.45, 7) is 0. The minimum absolute atomic E-state index is 0. The Kier molecular flexibility index (Phi) is 9.93. The molecule has 0 bridgehead atoms. The van der Waals surface area contributed by atoms with Crippen molar-refractivity contribution in [3.8, 4) is 11.5 Å². The van der Waals surface area contributed by atoms with E-state index in [-0.39, 0.29) is 61.7 Å². The second-order valence-electron chi connectivity index (χ2n) is 6.05. The van der Waals surface area contributed by atoms with Crippen molar-refractivity contribution in [1.29, 1.82) is 0 Å². The van der Waals surface area contributed by atoms with Gasteiger partial charge in [0, 0.05) is 16.2 Å². The maximum Gasteiger partial charge on any atom is 3.00 e. The van der Waals surface area contributed by atoms with E-state index in [9.17, 15) is 23.2 Å². The first-order valence-corrected chi connectivity index (χ1v) is 9.56. The molecule has 6 N–H and O–H groups in total. The quantitative estimate of drug-likeness (QED) is 0.297. The molecule has 0 aliphatic heterocycles. The van der Waals surface area contributed by atoms with Gasteiger partial charge < -0.3 is 31.2 Å². The van der Waals surface area contributed by atoms with Gasteiger partial charge in [-0.25, -0.2) is 8.42 Å². The second kappa shape index (κ2) is 11.0. The van der Waals surface area contributed by atoms with E-state index in [0.717, 1.165) is 11.5 Å². The third-order valence-electron chi connectivity index (χ3n) is 4.33. The maximum atomic E-state index is 12.4. The number of hydrogen-bond acceptors (Lipinski definition) is 7. The number of rotatable bonds is 3. The molecule has 0 aliphatic rings. The molecule has 0 fully saturated rings. The van der Waals surface area contributed by atoms with Gasteiger partial charge in [0.2, 0.25) is 0 Å². The fourth-order valence-corrected chi connectivity index (χ4v) is 3.75. The molecule has 0 saturated carbocycles. The Bertz CT molecular complexity index is 1380. The fourth-order valence-electron chi connectivity index (χ4n) is 3.05. The average molecular weight is 497 g/mol. The van der Waals surface area contributed by atoms with Crippen molar-refractivity contribution in [3.05, 3.63) is 66.7 Å². The maximum absolute atomic E-state index is 12.4. The molecule has 167 valence electrons. The summed E-state index contributed by atoms with van der Waals surface area (Å²) in [5.74, 6) is -1.14. The topological polar surface area (TPSA) is 223 Å². The van der Waals surface area contributed by atoms with Crippen LogP contribution < -0.4 is 10.2 Å². The van der Waals surface area contributed by atoms with Crippen molar-refractivity contribution < 1.29 is 57.0 Å². The molecule has 0 aliphatic carbocycles. The molecular weight excluding hydrogens is 480 g/mol. The first-order chi connectivity index (χ1) is 13.4. The van der Waals surface area contributed by atoms with Crippen LogP contribution >= 0.6 is 0 Å². The minimum Gasteiger partial charge on any atom is -0.871 e. The largest absolute Gasteiger partial charge is 3.00 e. The van der Waals surface area contributed by atoms with Gasteiger partial charge in [0.25, 0.3) is 0 Å². The zero-order valence-corrected chi connectivity index (χ0v) is 18.2. The van der Waals surface area contributed by atoms with Crippen LogP contribution in [0, 0.1) is 0 Å². The Morgan fingerprint density at radius 2 is 1.16 bits per heavy atom. The molecule has 0 amide bonds. The molecule has 0 aromatic heterocycles. The van der Waals surface area contributed by atoms with E-state index in [0.29, 0.717) is 5.39 Å². The van der Waals surface area contributed by atoms with Crippen molar-refractivity contribution in [2.24, 2.45) is 10.2 Å². The van der Waals surface area contributed by atoms with Crippen LogP contribution in [0.15, 0.2) is 81.9 Å². The predicted molar refractivity (Wildman–Crippen MR) is 110 cm³/mol. The summed E-state index contributed by atoms with van der Waals surface area (Å²) < 4.78 is 34.5. The molecule has 1 radical (unpaired) electrons. The first kappa shape index (κ1) is 28.9. The summed E-state index contributed by atoms with van der Waals surface area (Å²) >= 11 is 0. The van der Waals surface area contributed by atoms with Gasteiger partial charge in [0.1, 0.15) is 10.1 Å². The zero-order valence-electron chi connectivity index (χ0n) is 16.1. The van der Waals surface area contributed by atoms with Crippen molar-refractivity contribution in [2.45, 2.75) is 4.90 Å². The van der Waals surface area contributed by atoms with Crippen LogP contribution in [-0.2, 0) is 27.5 Å². The van der Waals surface area contributed by atoms with Crippen molar-refractivity contribution >= 4 is 43.0 Å². The molecule has 0 saturated heterocycles. The number of benzene rings is 4. The first-order valence-electron chi connectivity index (χ1n) is 8.15. The summed E-state index contributed by atoms with van der Waals surface area (Å²) in [4.78, 5) is -0.610. The van der Waals surface area contributed by atoms with Crippen molar-refractivity contribution in [3.63, 3.8) is 0 Å². The van der Waals surface area contributed by atoms with Crippen molar-refractivity contribution in [1.82, 2.24) is 0 Å². The van der Waals surface area contributed by atoms with Gasteiger partial charge in [0.05, 0.1) is 16.3 Å². The van der Waals surface area contributed by atoms with Gasteiger partial charge in [0.15, 0.2) is 0 Å². The number of fused-ring (bicyclic) bond motifs is 2. The van der Waals surface area contributed by atoms with E-state index in [2.05, 4.69) is 10.2 Å². The molecule has 0 heterocycles. The van der Waals surface area contributed by atoms with Crippen LogP contribution in [0.2, 0.25) is 0 Å². The van der Waals surface area contributed by atoms with E-state index in [1.165, 1.54) is 18.2 Å². The summed E-state index contributed by atoms with van der Waals surface area (Å²) in [5.41, 5.74) is -0.0718. The van der Waals surface area contributed by atoms with Crippen LogP contribution in [0.4, 0.5) is 11.4 Å². The van der Waals surface area contributed by atoms with Gasteiger partial charge in [-0.15, -0.1) is 0 Å². The second-order valence-corrected chi connectivity index (χ2v) is 7.40. The Morgan fingerprint density at radius 1 is 0.656 bits per heavy atom. The molecule has 10 nitrogen and oxygen atoms in total. The summed E-state index contributed by atoms with van der Waals surface area (Å²) in [5, 5.41) is 34.2. The van der Waals surface area contributed by atoms with Crippen LogP contribution in [-0.4, -0.2) is 29.4 Å².